The van der Waals surface area contributed by atoms with Crippen LogP contribution >= 0.6 is 38.9 Å². The third-order valence-corrected chi connectivity index (χ3v) is 4.99. The summed E-state index contributed by atoms with van der Waals surface area (Å²) >= 11 is 11.4. The zero-order valence-corrected chi connectivity index (χ0v) is 12.6. The van der Waals surface area contributed by atoms with Crippen molar-refractivity contribution in [3.8, 4) is 0 Å². The summed E-state index contributed by atoms with van der Waals surface area (Å²) in [4.78, 5) is 2.65. The second kappa shape index (κ2) is 6.01. The van der Waals surface area contributed by atoms with Crippen molar-refractivity contribution >= 4 is 38.9 Å². The molecule has 0 radical (unpaired) electrons. The van der Waals surface area contributed by atoms with Gasteiger partial charge in [-0.2, -0.15) is 0 Å². The highest BCUT2D eigenvalue weighted by atomic mass is 79.9. The highest BCUT2D eigenvalue weighted by molar-refractivity contribution is 9.10. The van der Waals surface area contributed by atoms with E-state index in [0.717, 1.165) is 23.7 Å². The zero-order chi connectivity index (χ0) is 12.3. The lowest BCUT2D eigenvalue weighted by Crippen LogP contribution is -2.11. The van der Waals surface area contributed by atoms with Crippen LogP contribution in [0.25, 0.3) is 0 Å². The molecular weight excluding hydrogens is 318 g/mol. The molecule has 1 nitrogen and oxygen atoms in total. The number of halogens is 2. The SMILES string of the molecule is Cc1sc(CNCc2ccccc2Cl)cc1Br. The minimum absolute atomic E-state index is 0.800. The first kappa shape index (κ1) is 13.1. The van der Waals surface area contributed by atoms with Gasteiger partial charge < -0.3 is 5.32 Å². The Morgan fingerprint density at radius 2 is 2.06 bits per heavy atom. The van der Waals surface area contributed by atoms with Gasteiger partial charge >= 0.3 is 0 Å². The first-order chi connectivity index (χ1) is 8.16. The topological polar surface area (TPSA) is 12.0 Å². The van der Waals surface area contributed by atoms with Gasteiger partial charge in [0.25, 0.3) is 0 Å². The molecule has 0 aliphatic heterocycles. The van der Waals surface area contributed by atoms with Crippen molar-refractivity contribution in [3.63, 3.8) is 0 Å². The molecular formula is C13H13BrClNS. The van der Waals surface area contributed by atoms with E-state index in [2.05, 4.69) is 34.2 Å². The quantitative estimate of drug-likeness (QED) is 0.852. The van der Waals surface area contributed by atoms with Crippen LogP contribution in [0.5, 0.6) is 0 Å². The predicted octanol–water partition coefficient (Wildman–Crippen LogP) is 4.76. The van der Waals surface area contributed by atoms with Crippen molar-refractivity contribution in [3.05, 3.63) is 55.1 Å². The van der Waals surface area contributed by atoms with Gasteiger partial charge in [-0.05, 0) is 40.5 Å². The molecule has 1 heterocycles. The van der Waals surface area contributed by atoms with Crippen LogP contribution in [0.2, 0.25) is 5.02 Å². The van der Waals surface area contributed by atoms with Gasteiger partial charge in [-0.1, -0.05) is 29.8 Å². The number of rotatable bonds is 4. The summed E-state index contributed by atoms with van der Waals surface area (Å²) in [5, 5.41) is 4.23. The number of aryl methyl sites for hydroxylation is 1. The fourth-order valence-electron chi connectivity index (χ4n) is 1.57. The molecule has 1 aromatic heterocycles. The Balaban J connectivity index is 1.90. The fourth-order valence-corrected chi connectivity index (χ4v) is 3.34. The third kappa shape index (κ3) is 3.55. The van der Waals surface area contributed by atoms with E-state index in [4.69, 9.17) is 11.6 Å². The summed E-state index contributed by atoms with van der Waals surface area (Å²) in [7, 11) is 0. The van der Waals surface area contributed by atoms with Crippen molar-refractivity contribution < 1.29 is 0 Å². The van der Waals surface area contributed by atoms with Crippen molar-refractivity contribution in [1.29, 1.82) is 0 Å². The average Bonchev–Trinajstić information content (AvgIpc) is 2.61. The lowest BCUT2D eigenvalue weighted by molar-refractivity contribution is 0.701. The van der Waals surface area contributed by atoms with Crippen LogP contribution in [0.1, 0.15) is 15.3 Å². The summed E-state index contributed by atoms with van der Waals surface area (Å²) in [6.07, 6.45) is 0. The Morgan fingerprint density at radius 3 is 2.71 bits per heavy atom. The maximum Gasteiger partial charge on any atom is 0.0450 e. The largest absolute Gasteiger partial charge is 0.308 e. The first-order valence-electron chi connectivity index (χ1n) is 5.36. The van der Waals surface area contributed by atoms with Gasteiger partial charge in [-0.25, -0.2) is 0 Å². The summed E-state index contributed by atoms with van der Waals surface area (Å²) in [5.41, 5.74) is 1.14. The molecule has 0 atom stereocenters. The summed E-state index contributed by atoms with van der Waals surface area (Å²) in [5.74, 6) is 0. The van der Waals surface area contributed by atoms with Crippen molar-refractivity contribution in [2.45, 2.75) is 20.0 Å². The maximum absolute atomic E-state index is 6.09. The maximum atomic E-state index is 6.09. The molecule has 0 aliphatic rings. The van der Waals surface area contributed by atoms with Gasteiger partial charge in [0.15, 0.2) is 0 Å². The summed E-state index contributed by atoms with van der Waals surface area (Å²) in [6, 6.07) is 10.1. The van der Waals surface area contributed by atoms with Crippen LogP contribution in [0.3, 0.4) is 0 Å². The average molecular weight is 331 g/mol. The van der Waals surface area contributed by atoms with Crippen molar-refractivity contribution in [2.75, 3.05) is 0 Å². The Kier molecular flexibility index (Phi) is 4.62. The van der Waals surface area contributed by atoms with Gasteiger partial charge in [0.2, 0.25) is 0 Å². The van der Waals surface area contributed by atoms with E-state index in [1.165, 1.54) is 14.2 Å². The second-order valence-corrected chi connectivity index (χ2v) is 6.41. The molecule has 0 unspecified atom stereocenters. The van der Waals surface area contributed by atoms with Crippen molar-refractivity contribution in [2.24, 2.45) is 0 Å². The van der Waals surface area contributed by atoms with E-state index >= 15 is 0 Å². The van der Waals surface area contributed by atoms with Gasteiger partial charge in [0, 0.05) is 32.3 Å². The Labute approximate surface area is 119 Å². The molecule has 4 heteroatoms. The number of nitrogens with one attached hydrogen (secondary N) is 1. The predicted molar refractivity (Wildman–Crippen MR) is 78.8 cm³/mol. The van der Waals surface area contributed by atoms with Crippen molar-refractivity contribution in [1.82, 2.24) is 5.32 Å². The normalized spacial score (nSPS) is 10.8. The Hall–Kier alpha value is -0.350. The van der Waals surface area contributed by atoms with Crippen LogP contribution in [-0.2, 0) is 13.1 Å². The van der Waals surface area contributed by atoms with E-state index < -0.39 is 0 Å². The first-order valence-corrected chi connectivity index (χ1v) is 7.34. The van der Waals surface area contributed by atoms with E-state index in [1.54, 1.807) is 0 Å². The van der Waals surface area contributed by atoms with Crippen LogP contribution in [-0.4, -0.2) is 0 Å². The molecule has 0 spiro atoms. The summed E-state index contributed by atoms with van der Waals surface area (Å²) < 4.78 is 1.19. The lowest BCUT2D eigenvalue weighted by atomic mass is 10.2. The molecule has 0 saturated heterocycles. The zero-order valence-electron chi connectivity index (χ0n) is 9.47. The van der Waals surface area contributed by atoms with Gasteiger partial charge in [0.05, 0.1) is 0 Å². The monoisotopic (exact) mass is 329 g/mol. The molecule has 90 valence electrons. The van der Waals surface area contributed by atoms with Gasteiger partial charge in [-0.15, -0.1) is 11.3 Å². The smallest absolute Gasteiger partial charge is 0.0450 e. The Morgan fingerprint density at radius 1 is 1.29 bits per heavy atom. The standard InChI is InChI=1S/C13H13BrClNS/c1-9-12(14)6-11(17-9)8-16-7-10-4-2-3-5-13(10)15/h2-6,16H,7-8H2,1H3. The summed E-state index contributed by atoms with van der Waals surface area (Å²) in [6.45, 7) is 3.79. The molecule has 17 heavy (non-hydrogen) atoms. The Bertz CT molecular complexity index is 490. The van der Waals surface area contributed by atoms with E-state index in [-0.39, 0.29) is 0 Å². The second-order valence-electron chi connectivity index (χ2n) is 3.81. The van der Waals surface area contributed by atoms with Crippen LogP contribution in [0, 0.1) is 6.92 Å². The molecule has 0 aliphatic carbocycles. The van der Waals surface area contributed by atoms with Crippen LogP contribution < -0.4 is 5.32 Å². The number of hydrogen-bond acceptors (Lipinski definition) is 2. The molecule has 2 rings (SSSR count). The van der Waals surface area contributed by atoms with Crippen LogP contribution in [0.15, 0.2) is 34.8 Å². The molecule has 1 aromatic carbocycles. The third-order valence-electron chi connectivity index (χ3n) is 2.48. The van der Waals surface area contributed by atoms with Gasteiger partial charge in [0.1, 0.15) is 0 Å². The number of thiophene rings is 1. The fraction of sp³-hybridized carbons (Fsp3) is 0.231. The molecule has 0 fully saturated rings. The molecule has 0 saturated carbocycles. The molecule has 0 bridgehead atoms. The number of hydrogen-bond donors (Lipinski definition) is 1. The van der Waals surface area contributed by atoms with Gasteiger partial charge in [-0.3, -0.25) is 0 Å². The van der Waals surface area contributed by atoms with E-state index in [1.807, 2.05) is 35.6 Å². The minimum atomic E-state index is 0.800. The molecule has 0 amide bonds. The molecule has 1 N–H and O–H groups in total. The molecule has 2 aromatic rings. The highest BCUT2D eigenvalue weighted by Crippen LogP contribution is 2.26. The van der Waals surface area contributed by atoms with E-state index in [0.29, 0.717) is 0 Å². The minimum Gasteiger partial charge on any atom is -0.308 e. The highest BCUT2D eigenvalue weighted by Gasteiger charge is 2.03. The van der Waals surface area contributed by atoms with Crippen LogP contribution in [0.4, 0.5) is 0 Å². The number of benzene rings is 1. The lowest BCUT2D eigenvalue weighted by Gasteiger charge is -2.05. The van der Waals surface area contributed by atoms with E-state index in [9.17, 15) is 0 Å².